The fraction of sp³-hybridized carbons (Fsp3) is 0.318. The van der Waals surface area contributed by atoms with E-state index in [9.17, 15) is 0 Å². The van der Waals surface area contributed by atoms with Crippen LogP contribution in [0.3, 0.4) is 0 Å². The minimum atomic E-state index is 0.0392. The van der Waals surface area contributed by atoms with Gasteiger partial charge in [-0.15, -0.1) is 5.10 Å². The van der Waals surface area contributed by atoms with Crippen molar-refractivity contribution in [2.24, 2.45) is 5.92 Å². The molecule has 0 aliphatic heterocycles. The van der Waals surface area contributed by atoms with Crippen LogP contribution in [0.1, 0.15) is 31.3 Å². The van der Waals surface area contributed by atoms with Gasteiger partial charge in [0.1, 0.15) is 5.75 Å². The summed E-state index contributed by atoms with van der Waals surface area (Å²) >= 11 is 0. The molecule has 2 aromatic carbocycles. The van der Waals surface area contributed by atoms with Gasteiger partial charge in [0.2, 0.25) is 0 Å². The number of aromatic amines is 1. The van der Waals surface area contributed by atoms with Gasteiger partial charge < -0.3 is 15.0 Å². The van der Waals surface area contributed by atoms with Crippen LogP contribution in [0.15, 0.2) is 54.7 Å². The van der Waals surface area contributed by atoms with E-state index >= 15 is 0 Å². The number of benzene rings is 2. The highest BCUT2D eigenvalue weighted by Gasteiger charge is 2.23. The number of aromatic nitrogens is 5. The van der Waals surface area contributed by atoms with E-state index in [0.717, 1.165) is 30.2 Å². The first kappa shape index (κ1) is 19.1. The fourth-order valence-electron chi connectivity index (χ4n) is 3.62. The lowest BCUT2D eigenvalue weighted by molar-refractivity contribution is 0.390. The van der Waals surface area contributed by atoms with Gasteiger partial charge in [-0.05, 0) is 65.2 Å². The van der Waals surface area contributed by atoms with E-state index < -0.39 is 0 Å². The molecule has 0 bridgehead atoms. The predicted molar refractivity (Wildman–Crippen MR) is 113 cm³/mol. The summed E-state index contributed by atoms with van der Waals surface area (Å²) in [7, 11) is 1.66. The van der Waals surface area contributed by atoms with E-state index in [1.807, 2.05) is 24.3 Å². The Morgan fingerprint density at radius 2 is 1.90 bits per heavy atom. The molecule has 0 saturated heterocycles. The van der Waals surface area contributed by atoms with Crippen molar-refractivity contribution in [3.63, 3.8) is 0 Å². The lowest BCUT2D eigenvalue weighted by Gasteiger charge is -2.21. The molecule has 2 heterocycles. The average Bonchev–Trinajstić information content (AvgIpc) is 3.38. The van der Waals surface area contributed by atoms with Gasteiger partial charge in [-0.2, -0.15) is 4.68 Å². The van der Waals surface area contributed by atoms with Crippen LogP contribution in [0.25, 0.3) is 16.6 Å². The van der Waals surface area contributed by atoms with Gasteiger partial charge in [-0.25, -0.2) is 0 Å². The van der Waals surface area contributed by atoms with Crippen LogP contribution in [0.4, 0.5) is 0 Å². The number of nitrogens with one attached hydrogen (secondary N) is 2. The molecule has 0 spiro atoms. The molecule has 2 aromatic heterocycles. The van der Waals surface area contributed by atoms with E-state index in [1.165, 1.54) is 16.5 Å². The Hall–Kier alpha value is -3.19. The summed E-state index contributed by atoms with van der Waals surface area (Å²) in [6, 6.07) is 16.2. The Labute approximate surface area is 170 Å². The van der Waals surface area contributed by atoms with Crippen LogP contribution in [0.2, 0.25) is 0 Å². The van der Waals surface area contributed by atoms with Crippen molar-refractivity contribution in [3.05, 3.63) is 66.1 Å². The minimum absolute atomic E-state index is 0.0392. The monoisotopic (exact) mass is 390 g/mol. The molecule has 7 nitrogen and oxygen atoms in total. The average molecular weight is 390 g/mol. The fourth-order valence-corrected chi connectivity index (χ4v) is 3.62. The number of fused-ring (bicyclic) bond motifs is 1. The third kappa shape index (κ3) is 4.00. The highest BCUT2D eigenvalue weighted by Crippen LogP contribution is 2.23. The van der Waals surface area contributed by atoms with Gasteiger partial charge in [-0.1, -0.05) is 32.0 Å². The predicted octanol–water partition coefficient (Wildman–Crippen LogP) is 3.68. The van der Waals surface area contributed by atoms with Crippen molar-refractivity contribution in [1.82, 2.24) is 30.5 Å². The molecule has 1 unspecified atom stereocenters. The van der Waals surface area contributed by atoms with Crippen molar-refractivity contribution in [1.29, 1.82) is 0 Å². The zero-order chi connectivity index (χ0) is 20.2. The standard InChI is InChI=1S/C22H26N6O/c1-15(2)21(23-13-12-16-14-24-20-7-5-4-6-19(16)20)22-25-26-27-28(22)17-8-10-18(29-3)11-9-17/h4-11,14-15,21,23-24H,12-13H2,1-3H3. The number of hydrogen-bond donors (Lipinski definition) is 2. The number of nitrogens with zero attached hydrogens (tertiary/aromatic N) is 4. The third-order valence-corrected chi connectivity index (χ3v) is 5.19. The van der Waals surface area contributed by atoms with Crippen LogP contribution in [-0.4, -0.2) is 38.8 Å². The maximum absolute atomic E-state index is 5.25. The summed E-state index contributed by atoms with van der Waals surface area (Å²) in [5.74, 6) is 1.95. The topological polar surface area (TPSA) is 80.7 Å². The first-order valence-electron chi connectivity index (χ1n) is 9.88. The molecule has 1 atom stereocenters. The summed E-state index contributed by atoms with van der Waals surface area (Å²) in [5, 5.41) is 17.4. The minimum Gasteiger partial charge on any atom is -0.497 e. The summed E-state index contributed by atoms with van der Waals surface area (Å²) in [6.07, 6.45) is 3.02. The number of ether oxygens (including phenoxy) is 1. The Balaban J connectivity index is 1.50. The van der Waals surface area contributed by atoms with Crippen molar-refractivity contribution < 1.29 is 4.74 Å². The van der Waals surface area contributed by atoms with Crippen molar-refractivity contribution >= 4 is 10.9 Å². The van der Waals surface area contributed by atoms with Crippen LogP contribution in [0, 0.1) is 5.92 Å². The number of methoxy groups -OCH3 is 1. The molecule has 0 aliphatic rings. The largest absolute Gasteiger partial charge is 0.497 e. The molecule has 0 saturated carbocycles. The van der Waals surface area contributed by atoms with Gasteiger partial charge in [0, 0.05) is 17.1 Å². The van der Waals surface area contributed by atoms with Gasteiger partial charge in [-0.3, -0.25) is 0 Å². The second kappa shape index (κ2) is 8.45. The first-order valence-corrected chi connectivity index (χ1v) is 9.88. The van der Waals surface area contributed by atoms with E-state index in [1.54, 1.807) is 11.8 Å². The van der Waals surface area contributed by atoms with Crippen LogP contribution >= 0.6 is 0 Å². The molecule has 4 aromatic rings. The van der Waals surface area contributed by atoms with Crippen molar-refractivity contribution in [2.45, 2.75) is 26.3 Å². The SMILES string of the molecule is COc1ccc(-n2nnnc2C(NCCc2c[nH]c3ccccc23)C(C)C)cc1. The molecule has 7 heteroatoms. The number of rotatable bonds is 8. The van der Waals surface area contributed by atoms with Gasteiger partial charge in [0.25, 0.3) is 0 Å². The Morgan fingerprint density at radius 1 is 1.10 bits per heavy atom. The molecule has 150 valence electrons. The highest BCUT2D eigenvalue weighted by molar-refractivity contribution is 5.83. The van der Waals surface area contributed by atoms with Gasteiger partial charge >= 0.3 is 0 Å². The van der Waals surface area contributed by atoms with E-state index in [4.69, 9.17) is 4.74 Å². The zero-order valence-electron chi connectivity index (χ0n) is 17.0. The second-order valence-corrected chi connectivity index (χ2v) is 7.43. The van der Waals surface area contributed by atoms with Crippen LogP contribution in [-0.2, 0) is 6.42 Å². The molecule has 29 heavy (non-hydrogen) atoms. The molecule has 0 aliphatic carbocycles. The molecule has 4 rings (SSSR count). The molecule has 0 amide bonds. The maximum atomic E-state index is 5.25. The van der Waals surface area contributed by atoms with Crippen LogP contribution in [0.5, 0.6) is 5.75 Å². The molecular weight excluding hydrogens is 364 g/mol. The van der Waals surface area contributed by atoms with E-state index in [2.05, 4.69) is 70.1 Å². The molecule has 2 N–H and O–H groups in total. The summed E-state index contributed by atoms with van der Waals surface area (Å²) < 4.78 is 7.04. The van der Waals surface area contributed by atoms with E-state index in [0.29, 0.717) is 5.92 Å². The van der Waals surface area contributed by atoms with Crippen LogP contribution < -0.4 is 10.1 Å². The summed E-state index contributed by atoms with van der Waals surface area (Å²) in [6.45, 7) is 5.19. The van der Waals surface area contributed by atoms with E-state index in [-0.39, 0.29) is 6.04 Å². The summed E-state index contributed by atoms with van der Waals surface area (Å²) in [5.41, 5.74) is 3.39. The van der Waals surface area contributed by atoms with Crippen molar-refractivity contribution in [2.75, 3.05) is 13.7 Å². The first-order chi connectivity index (χ1) is 14.2. The quantitative estimate of drug-likeness (QED) is 0.480. The number of tetrazole rings is 1. The zero-order valence-corrected chi connectivity index (χ0v) is 17.0. The van der Waals surface area contributed by atoms with Crippen molar-refractivity contribution in [3.8, 4) is 11.4 Å². The lowest BCUT2D eigenvalue weighted by Crippen LogP contribution is -2.30. The molecule has 0 fully saturated rings. The third-order valence-electron chi connectivity index (χ3n) is 5.19. The highest BCUT2D eigenvalue weighted by atomic mass is 16.5. The molecule has 0 radical (unpaired) electrons. The summed E-state index contributed by atoms with van der Waals surface area (Å²) in [4.78, 5) is 3.34. The van der Waals surface area contributed by atoms with Gasteiger partial charge in [0.15, 0.2) is 5.82 Å². The number of para-hydroxylation sites is 1. The smallest absolute Gasteiger partial charge is 0.173 e. The number of hydrogen-bond acceptors (Lipinski definition) is 5. The normalized spacial score (nSPS) is 12.6. The number of H-pyrrole nitrogens is 1. The Kier molecular flexibility index (Phi) is 5.57. The lowest BCUT2D eigenvalue weighted by atomic mass is 10.0. The maximum Gasteiger partial charge on any atom is 0.173 e. The Bertz CT molecular complexity index is 1070. The molecular formula is C22H26N6O. The Morgan fingerprint density at radius 3 is 2.66 bits per heavy atom. The van der Waals surface area contributed by atoms with Gasteiger partial charge in [0.05, 0.1) is 18.8 Å². The second-order valence-electron chi connectivity index (χ2n) is 7.43.